The lowest BCUT2D eigenvalue weighted by molar-refractivity contribution is 0.0962. The molecule has 21 heavy (non-hydrogen) atoms. The van der Waals surface area contributed by atoms with Crippen LogP contribution in [0.2, 0.25) is 0 Å². The molecule has 3 heteroatoms. The molecule has 2 rings (SSSR count). The second kappa shape index (κ2) is 6.78. The van der Waals surface area contributed by atoms with Gasteiger partial charge in [-0.1, -0.05) is 19.9 Å². The molecule has 1 aromatic heterocycles. The second-order valence-corrected chi connectivity index (χ2v) is 7.58. The lowest BCUT2D eigenvalue weighted by atomic mass is 9.80. The smallest absolute Gasteiger partial charge is 0.213 e. The van der Waals surface area contributed by atoms with Crippen molar-refractivity contribution in [3.05, 3.63) is 23.9 Å². The van der Waals surface area contributed by atoms with Gasteiger partial charge in [-0.3, -0.25) is 0 Å². The van der Waals surface area contributed by atoms with Crippen molar-refractivity contribution in [2.24, 2.45) is 11.8 Å². The number of rotatable bonds is 4. The minimum absolute atomic E-state index is 0.105. The minimum atomic E-state index is 0.105. The zero-order valence-corrected chi connectivity index (χ0v) is 14.1. The molecular formula is C18H30N2O. The van der Waals surface area contributed by atoms with E-state index in [1.165, 1.54) is 6.42 Å². The molecule has 0 amide bonds. The topological polar surface area (TPSA) is 34.1 Å². The molecule has 0 saturated heterocycles. The van der Waals surface area contributed by atoms with Gasteiger partial charge in [0, 0.05) is 18.2 Å². The maximum absolute atomic E-state index is 6.11. The van der Waals surface area contributed by atoms with E-state index in [0.717, 1.165) is 42.8 Å². The van der Waals surface area contributed by atoms with Crippen LogP contribution >= 0.6 is 0 Å². The third-order valence-electron chi connectivity index (χ3n) is 4.42. The van der Waals surface area contributed by atoms with Gasteiger partial charge in [0.25, 0.3) is 0 Å². The van der Waals surface area contributed by atoms with Crippen molar-refractivity contribution in [3.63, 3.8) is 0 Å². The van der Waals surface area contributed by atoms with Crippen LogP contribution in [-0.2, 0) is 6.54 Å². The lowest BCUT2D eigenvalue weighted by Gasteiger charge is -2.32. The van der Waals surface area contributed by atoms with Crippen LogP contribution in [0.4, 0.5) is 0 Å². The third kappa shape index (κ3) is 5.31. The first-order chi connectivity index (χ1) is 9.83. The number of ether oxygens (including phenoxy) is 1. The van der Waals surface area contributed by atoms with E-state index in [1.54, 1.807) is 0 Å². The summed E-state index contributed by atoms with van der Waals surface area (Å²) in [4.78, 5) is 4.63. The average molecular weight is 290 g/mol. The molecule has 1 heterocycles. The van der Waals surface area contributed by atoms with Crippen LogP contribution in [0.5, 0.6) is 5.88 Å². The molecule has 1 aliphatic carbocycles. The van der Waals surface area contributed by atoms with Gasteiger partial charge in [-0.2, -0.15) is 0 Å². The predicted octanol–water partition coefficient (Wildman–Crippen LogP) is 4.17. The fourth-order valence-electron chi connectivity index (χ4n) is 2.75. The Morgan fingerprint density at radius 1 is 1.19 bits per heavy atom. The molecular weight excluding hydrogens is 260 g/mol. The summed E-state index contributed by atoms with van der Waals surface area (Å²) in [5.74, 6) is 2.34. The van der Waals surface area contributed by atoms with E-state index in [-0.39, 0.29) is 5.54 Å². The molecule has 3 nitrogen and oxygen atoms in total. The minimum Gasteiger partial charge on any atom is -0.474 e. The lowest BCUT2D eigenvalue weighted by Crippen LogP contribution is -2.35. The Morgan fingerprint density at radius 3 is 2.62 bits per heavy atom. The highest BCUT2D eigenvalue weighted by molar-refractivity contribution is 5.16. The monoisotopic (exact) mass is 290 g/mol. The Balaban J connectivity index is 1.92. The Morgan fingerprint density at radius 2 is 1.95 bits per heavy atom. The highest BCUT2D eigenvalue weighted by Gasteiger charge is 2.26. The predicted molar refractivity (Wildman–Crippen MR) is 87.4 cm³/mol. The standard InChI is InChI=1S/C18H30N2O/c1-13-9-10-16(11-14(13)2)21-17-8-6-7-15(20-17)12-19-18(3,4)5/h6-8,13-14,16,19H,9-12H2,1-5H3. The molecule has 3 atom stereocenters. The van der Waals surface area contributed by atoms with Crippen LogP contribution in [0.3, 0.4) is 0 Å². The first-order valence-electron chi connectivity index (χ1n) is 8.21. The van der Waals surface area contributed by atoms with E-state index >= 15 is 0 Å². The quantitative estimate of drug-likeness (QED) is 0.903. The molecule has 1 saturated carbocycles. The highest BCUT2D eigenvalue weighted by Crippen LogP contribution is 2.31. The molecule has 1 N–H and O–H groups in total. The fourth-order valence-corrected chi connectivity index (χ4v) is 2.75. The van der Waals surface area contributed by atoms with Crippen LogP contribution in [0, 0.1) is 11.8 Å². The van der Waals surface area contributed by atoms with Gasteiger partial charge in [0.15, 0.2) is 0 Å². The zero-order chi connectivity index (χ0) is 15.5. The van der Waals surface area contributed by atoms with Crippen LogP contribution in [0.25, 0.3) is 0 Å². The molecule has 0 aromatic carbocycles. The molecule has 0 bridgehead atoms. The maximum Gasteiger partial charge on any atom is 0.213 e. The number of hydrogen-bond acceptors (Lipinski definition) is 3. The van der Waals surface area contributed by atoms with Gasteiger partial charge in [-0.15, -0.1) is 0 Å². The van der Waals surface area contributed by atoms with Gasteiger partial charge in [-0.25, -0.2) is 4.98 Å². The van der Waals surface area contributed by atoms with Gasteiger partial charge in [0.1, 0.15) is 6.10 Å². The molecule has 1 fully saturated rings. The number of pyridine rings is 1. The van der Waals surface area contributed by atoms with Gasteiger partial charge in [0.2, 0.25) is 5.88 Å². The van der Waals surface area contributed by atoms with Gasteiger partial charge >= 0.3 is 0 Å². The van der Waals surface area contributed by atoms with Gasteiger partial charge in [-0.05, 0) is 57.9 Å². The summed E-state index contributed by atoms with van der Waals surface area (Å²) in [6, 6.07) is 6.07. The molecule has 1 aromatic rings. The molecule has 0 aliphatic heterocycles. The first-order valence-corrected chi connectivity index (χ1v) is 8.21. The largest absolute Gasteiger partial charge is 0.474 e. The van der Waals surface area contributed by atoms with E-state index < -0.39 is 0 Å². The highest BCUT2D eigenvalue weighted by atomic mass is 16.5. The number of nitrogens with zero attached hydrogens (tertiary/aromatic N) is 1. The van der Waals surface area contributed by atoms with Crippen molar-refractivity contribution in [2.45, 2.75) is 72.1 Å². The van der Waals surface area contributed by atoms with Crippen molar-refractivity contribution < 1.29 is 4.74 Å². The SMILES string of the molecule is CC1CCC(Oc2cccc(CNC(C)(C)C)n2)CC1C. The summed E-state index contributed by atoms with van der Waals surface area (Å²) < 4.78 is 6.11. The van der Waals surface area contributed by atoms with Crippen LogP contribution in [-0.4, -0.2) is 16.6 Å². The molecule has 0 radical (unpaired) electrons. The zero-order valence-electron chi connectivity index (χ0n) is 14.1. The Hall–Kier alpha value is -1.09. The maximum atomic E-state index is 6.11. The van der Waals surface area contributed by atoms with E-state index in [4.69, 9.17) is 4.74 Å². The Kier molecular flexibility index (Phi) is 5.26. The fraction of sp³-hybridized carbons (Fsp3) is 0.722. The Labute approximate surface area is 129 Å². The van der Waals surface area contributed by atoms with Gasteiger partial charge < -0.3 is 10.1 Å². The normalized spacial score (nSPS) is 26.6. The number of nitrogens with one attached hydrogen (secondary N) is 1. The van der Waals surface area contributed by atoms with Gasteiger partial charge in [0.05, 0.1) is 5.69 Å². The Bertz CT molecular complexity index is 453. The molecule has 0 spiro atoms. The van der Waals surface area contributed by atoms with Crippen molar-refractivity contribution in [3.8, 4) is 5.88 Å². The molecule has 118 valence electrons. The second-order valence-electron chi connectivity index (χ2n) is 7.58. The average Bonchev–Trinajstić information content (AvgIpc) is 2.40. The third-order valence-corrected chi connectivity index (χ3v) is 4.42. The summed E-state index contributed by atoms with van der Waals surface area (Å²) in [5.41, 5.74) is 1.15. The summed E-state index contributed by atoms with van der Waals surface area (Å²) in [7, 11) is 0. The van der Waals surface area contributed by atoms with Crippen LogP contribution in [0.15, 0.2) is 18.2 Å². The summed E-state index contributed by atoms with van der Waals surface area (Å²) >= 11 is 0. The van der Waals surface area contributed by atoms with Crippen LogP contribution in [0.1, 0.15) is 59.6 Å². The number of aromatic nitrogens is 1. The number of hydrogen-bond donors (Lipinski definition) is 1. The van der Waals surface area contributed by atoms with Crippen LogP contribution < -0.4 is 10.1 Å². The van der Waals surface area contributed by atoms with E-state index in [2.05, 4.69) is 51.0 Å². The van der Waals surface area contributed by atoms with Crippen molar-refractivity contribution in [1.29, 1.82) is 0 Å². The van der Waals surface area contributed by atoms with Crippen molar-refractivity contribution in [2.75, 3.05) is 0 Å². The van der Waals surface area contributed by atoms with Crippen molar-refractivity contribution >= 4 is 0 Å². The summed E-state index contributed by atoms with van der Waals surface area (Å²) in [6.07, 6.45) is 3.89. The summed E-state index contributed by atoms with van der Waals surface area (Å²) in [5, 5.41) is 3.46. The van der Waals surface area contributed by atoms with E-state index in [1.807, 2.05) is 12.1 Å². The first kappa shape index (κ1) is 16.3. The molecule has 3 unspecified atom stereocenters. The van der Waals surface area contributed by atoms with E-state index in [0.29, 0.717) is 6.10 Å². The van der Waals surface area contributed by atoms with Crippen molar-refractivity contribution in [1.82, 2.24) is 10.3 Å². The van der Waals surface area contributed by atoms with E-state index in [9.17, 15) is 0 Å². The summed E-state index contributed by atoms with van der Waals surface area (Å²) in [6.45, 7) is 11.9. The molecule has 1 aliphatic rings.